The van der Waals surface area contributed by atoms with Crippen molar-refractivity contribution in [1.82, 2.24) is 0 Å². The molecule has 110 valence electrons. The smallest absolute Gasteiger partial charge is 0.335 e. The summed E-state index contributed by atoms with van der Waals surface area (Å²) in [7, 11) is 0. The largest absolute Gasteiger partial charge is 0.488 e. The van der Waals surface area contributed by atoms with Gasteiger partial charge in [0.05, 0.1) is 10.6 Å². The van der Waals surface area contributed by atoms with Gasteiger partial charge in [0.15, 0.2) is 11.6 Å². The maximum absolute atomic E-state index is 13.3. The molecule has 0 saturated carbocycles. The average molecular weight is 311 g/mol. The maximum Gasteiger partial charge on any atom is 0.335 e. The highest BCUT2D eigenvalue weighted by atomic mass is 35.5. The van der Waals surface area contributed by atoms with Crippen LogP contribution in [0.4, 0.5) is 4.39 Å². The van der Waals surface area contributed by atoms with Crippen molar-refractivity contribution in [3.05, 3.63) is 58.9 Å². The number of benzene rings is 2. The van der Waals surface area contributed by atoms with Gasteiger partial charge in [-0.3, -0.25) is 0 Å². The molecule has 2 rings (SSSR count). The first-order valence-electron chi connectivity index (χ1n) is 6.11. The summed E-state index contributed by atoms with van der Waals surface area (Å²) in [4.78, 5) is 10.8. The molecule has 21 heavy (non-hydrogen) atoms. The quantitative estimate of drug-likeness (QED) is 0.828. The van der Waals surface area contributed by atoms with Crippen molar-refractivity contribution in [3.8, 4) is 11.5 Å². The van der Waals surface area contributed by atoms with E-state index >= 15 is 0 Å². The zero-order valence-corrected chi connectivity index (χ0v) is 11.6. The molecule has 0 aliphatic carbocycles. The lowest BCUT2D eigenvalue weighted by molar-refractivity contribution is 0.0697. The zero-order chi connectivity index (χ0) is 15.2. The number of carbonyl (C=O) groups is 1. The second kappa shape index (κ2) is 6.95. The number of halogens is 2. The van der Waals surface area contributed by atoms with Crippen LogP contribution >= 0.6 is 11.6 Å². The van der Waals surface area contributed by atoms with Gasteiger partial charge in [-0.25, -0.2) is 9.18 Å². The van der Waals surface area contributed by atoms with Gasteiger partial charge in [-0.1, -0.05) is 23.7 Å². The lowest BCUT2D eigenvalue weighted by Gasteiger charge is -2.10. The number of hydrogen-bond donors (Lipinski definition) is 1. The molecule has 0 amide bonds. The normalized spacial score (nSPS) is 10.2. The van der Waals surface area contributed by atoms with Crippen LogP contribution in [-0.4, -0.2) is 24.3 Å². The van der Waals surface area contributed by atoms with Crippen molar-refractivity contribution in [1.29, 1.82) is 0 Å². The van der Waals surface area contributed by atoms with Crippen LogP contribution < -0.4 is 9.47 Å². The Balaban J connectivity index is 1.87. The van der Waals surface area contributed by atoms with E-state index in [9.17, 15) is 9.18 Å². The first-order chi connectivity index (χ1) is 10.1. The highest BCUT2D eigenvalue weighted by molar-refractivity contribution is 6.32. The molecule has 0 saturated heterocycles. The molecule has 1 N–H and O–H groups in total. The Morgan fingerprint density at radius 1 is 1.10 bits per heavy atom. The van der Waals surface area contributed by atoms with Gasteiger partial charge in [-0.2, -0.15) is 0 Å². The van der Waals surface area contributed by atoms with Gasteiger partial charge in [-0.15, -0.1) is 0 Å². The Bertz CT molecular complexity index is 645. The van der Waals surface area contributed by atoms with E-state index in [0.29, 0.717) is 5.75 Å². The van der Waals surface area contributed by atoms with Crippen molar-refractivity contribution in [2.45, 2.75) is 0 Å². The summed E-state index contributed by atoms with van der Waals surface area (Å²) in [5, 5.41) is 9.01. The van der Waals surface area contributed by atoms with Crippen LogP contribution in [0.5, 0.6) is 11.5 Å². The van der Waals surface area contributed by atoms with Crippen LogP contribution in [0.1, 0.15) is 10.4 Å². The third kappa shape index (κ3) is 4.10. The SMILES string of the molecule is O=C(O)c1ccc(OCCOc2ccccc2F)c(Cl)c1. The first kappa shape index (κ1) is 15.1. The second-order valence-electron chi connectivity index (χ2n) is 4.08. The summed E-state index contributed by atoms with van der Waals surface area (Å²) in [6, 6.07) is 10.2. The monoisotopic (exact) mass is 310 g/mol. The number of ether oxygens (including phenoxy) is 2. The number of rotatable bonds is 6. The molecule has 2 aromatic carbocycles. The highest BCUT2D eigenvalue weighted by Crippen LogP contribution is 2.25. The molecule has 0 fully saturated rings. The topological polar surface area (TPSA) is 55.8 Å². The molecule has 2 aromatic rings. The van der Waals surface area contributed by atoms with Crippen LogP contribution in [0.2, 0.25) is 5.02 Å². The number of carboxylic acid groups (broad SMARTS) is 1. The summed E-state index contributed by atoms with van der Waals surface area (Å²) in [6.45, 7) is 0.290. The first-order valence-corrected chi connectivity index (χ1v) is 6.48. The molecular formula is C15H12ClFO4. The van der Waals surface area contributed by atoms with E-state index in [2.05, 4.69) is 0 Å². The van der Waals surface area contributed by atoms with E-state index in [0.717, 1.165) is 0 Å². The van der Waals surface area contributed by atoms with E-state index < -0.39 is 11.8 Å². The average Bonchev–Trinajstić information content (AvgIpc) is 2.46. The molecule has 0 radical (unpaired) electrons. The minimum atomic E-state index is -1.06. The van der Waals surface area contributed by atoms with Gasteiger partial charge in [0.25, 0.3) is 0 Å². The van der Waals surface area contributed by atoms with E-state index in [1.807, 2.05) is 0 Å². The summed E-state index contributed by atoms with van der Waals surface area (Å²) < 4.78 is 23.9. The number of hydrogen-bond acceptors (Lipinski definition) is 3. The Morgan fingerprint density at radius 3 is 2.38 bits per heavy atom. The molecule has 6 heteroatoms. The molecule has 0 aromatic heterocycles. The van der Waals surface area contributed by atoms with Crippen molar-refractivity contribution < 1.29 is 23.8 Å². The second-order valence-corrected chi connectivity index (χ2v) is 4.48. The van der Waals surface area contributed by atoms with Crippen molar-refractivity contribution in [2.24, 2.45) is 0 Å². The van der Waals surface area contributed by atoms with Gasteiger partial charge in [0.2, 0.25) is 0 Å². The molecule has 0 aliphatic heterocycles. The van der Waals surface area contributed by atoms with Crippen molar-refractivity contribution >= 4 is 17.6 Å². The minimum Gasteiger partial charge on any atom is -0.488 e. The third-order valence-electron chi connectivity index (χ3n) is 2.61. The van der Waals surface area contributed by atoms with E-state index in [-0.39, 0.29) is 29.5 Å². The molecule has 0 spiro atoms. The Labute approximate surface area is 125 Å². The molecule has 0 heterocycles. The summed E-state index contributed by atoms with van der Waals surface area (Å²) in [6.07, 6.45) is 0. The Kier molecular flexibility index (Phi) is 5.00. The Hall–Kier alpha value is -2.27. The van der Waals surface area contributed by atoms with E-state index in [1.54, 1.807) is 12.1 Å². The van der Waals surface area contributed by atoms with E-state index in [4.69, 9.17) is 26.2 Å². The number of carboxylic acids is 1. The molecule has 0 bridgehead atoms. The predicted octanol–water partition coefficient (Wildman–Crippen LogP) is 3.64. The molecule has 0 unspecified atom stereocenters. The molecule has 0 aliphatic rings. The summed E-state index contributed by atoms with van der Waals surface area (Å²) in [5.41, 5.74) is 0.0787. The molecular weight excluding hydrogens is 299 g/mol. The third-order valence-corrected chi connectivity index (χ3v) is 2.91. The zero-order valence-electron chi connectivity index (χ0n) is 10.9. The highest BCUT2D eigenvalue weighted by Gasteiger charge is 2.08. The molecule has 4 nitrogen and oxygen atoms in total. The lowest BCUT2D eigenvalue weighted by atomic mass is 10.2. The fourth-order valence-electron chi connectivity index (χ4n) is 1.62. The van der Waals surface area contributed by atoms with Gasteiger partial charge in [0, 0.05) is 0 Å². The lowest BCUT2D eigenvalue weighted by Crippen LogP contribution is -2.10. The van der Waals surface area contributed by atoms with Gasteiger partial charge < -0.3 is 14.6 Å². The Morgan fingerprint density at radius 2 is 1.76 bits per heavy atom. The fourth-order valence-corrected chi connectivity index (χ4v) is 1.85. The maximum atomic E-state index is 13.3. The standard InChI is InChI=1S/C15H12ClFO4/c16-11-9-10(15(18)19)5-6-13(11)20-7-8-21-14-4-2-1-3-12(14)17/h1-6,9H,7-8H2,(H,18,19). The van der Waals surface area contributed by atoms with Crippen LogP contribution in [0.15, 0.2) is 42.5 Å². The van der Waals surface area contributed by atoms with Gasteiger partial charge in [0.1, 0.15) is 19.0 Å². The number of para-hydroxylation sites is 1. The summed E-state index contributed by atoms with van der Waals surface area (Å²) in [5.74, 6) is -1.01. The summed E-state index contributed by atoms with van der Waals surface area (Å²) >= 11 is 5.91. The van der Waals surface area contributed by atoms with Crippen molar-refractivity contribution in [2.75, 3.05) is 13.2 Å². The van der Waals surface area contributed by atoms with Crippen LogP contribution in [0.25, 0.3) is 0 Å². The minimum absolute atomic E-state index is 0.0787. The fraction of sp³-hybridized carbons (Fsp3) is 0.133. The van der Waals surface area contributed by atoms with E-state index in [1.165, 1.54) is 30.3 Å². The van der Waals surface area contributed by atoms with Crippen LogP contribution in [0.3, 0.4) is 0 Å². The molecule has 0 atom stereocenters. The predicted molar refractivity (Wildman–Crippen MR) is 75.8 cm³/mol. The van der Waals surface area contributed by atoms with Crippen LogP contribution in [0, 0.1) is 5.82 Å². The number of aromatic carboxylic acids is 1. The van der Waals surface area contributed by atoms with Gasteiger partial charge >= 0.3 is 5.97 Å². The van der Waals surface area contributed by atoms with Crippen LogP contribution in [-0.2, 0) is 0 Å². The van der Waals surface area contributed by atoms with Gasteiger partial charge in [-0.05, 0) is 30.3 Å². The van der Waals surface area contributed by atoms with Crippen molar-refractivity contribution in [3.63, 3.8) is 0 Å².